The van der Waals surface area contributed by atoms with E-state index in [1.165, 1.54) is 0 Å². The van der Waals surface area contributed by atoms with E-state index in [4.69, 9.17) is 9.25 Å². The highest BCUT2D eigenvalue weighted by Crippen LogP contribution is 2.27. The van der Waals surface area contributed by atoms with Crippen molar-refractivity contribution in [3.05, 3.63) is 48.5 Å². The number of rotatable bonds is 5. The Bertz CT molecular complexity index is 863. The molecule has 0 aliphatic carbocycles. The van der Waals surface area contributed by atoms with Crippen molar-refractivity contribution in [3.63, 3.8) is 0 Å². The molecule has 0 spiro atoms. The van der Waals surface area contributed by atoms with Gasteiger partial charge in [0, 0.05) is 30.8 Å². The molecule has 0 amide bonds. The van der Waals surface area contributed by atoms with E-state index < -0.39 is 0 Å². The summed E-state index contributed by atoms with van der Waals surface area (Å²) < 4.78 is 5.84. The molecule has 1 saturated heterocycles. The van der Waals surface area contributed by atoms with E-state index in [1.807, 2.05) is 60.5 Å². The lowest BCUT2D eigenvalue weighted by Gasteiger charge is -2.33. The van der Waals surface area contributed by atoms with E-state index in [0.29, 0.717) is 12.3 Å². The summed E-state index contributed by atoms with van der Waals surface area (Å²) in [4.78, 5) is 10.6. The van der Waals surface area contributed by atoms with E-state index in [9.17, 15) is 5.11 Å². The molecular weight excluding hydrogens is 330 g/mol. The number of nitrogens with one attached hydrogen (secondary N) is 1. The monoisotopic (exact) mass is 353 g/mol. The van der Waals surface area contributed by atoms with Crippen molar-refractivity contribution in [3.8, 4) is 17.2 Å². The number of hydrogen-bond donors (Lipinski definition) is 2. The highest BCUT2D eigenvalue weighted by molar-refractivity contribution is 5.77. The second kappa shape index (κ2) is 7.45. The van der Waals surface area contributed by atoms with Gasteiger partial charge in [0.1, 0.15) is 11.3 Å². The van der Waals surface area contributed by atoms with Gasteiger partial charge in [-0.1, -0.05) is 18.2 Å². The predicted octanol–water partition coefficient (Wildman–Crippen LogP) is 2.83. The van der Waals surface area contributed by atoms with Gasteiger partial charge in [-0.2, -0.15) is 0 Å². The molecule has 4 rings (SSSR count). The summed E-state index contributed by atoms with van der Waals surface area (Å²) in [6.07, 6.45) is 0.387. The summed E-state index contributed by atoms with van der Waals surface area (Å²) in [7, 11) is 0. The zero-order valence-electron chi connectivity index (χ0n) is 14.8. The second-order valence-electron chi connectivity index (χ2n) is 6.73. The van der Waals surface area contributed by atoms with Gasteiger partial charge in [0.05, 0.1) is 12.6 Å². The summed E-state index contributed by atoms with van der Waals surface area (Å²) in [6.45, 7) is 4.17. The Morgan fingerprint density at radius 2 is 2.15 bits per heavy atom. The number of aliphatic hydroxyl groups is 1. The van der Waals surface area contributed by atoms with E-state index >= 15 is 0 Å². The molecule has 2 atom stereocenters. The zero-order valence-corrected chi connectivity index (χ0v) is 14.8. The SMILES string of the molecule is C[C@@H](O)CC1CN(Oc2ccc3oc(-c4ccccc4)nc3c2)CCN1. The van der Waals surface area contributed by atoms with Crippen LogP contribution in [0.1, 0.15) is 13.3 Å². The van der Waals surface area contributed by atoms with Crippen LogP contribution in [0.2, 0.25) is 0 Å². The van der Waals surface area contributed by atoms with Crippen LogP contribution < -0.4 is 10.2 Å². The van der Waals surface area contributed by atoms with E-state index in [-0.39, 0.29) is 12.1 Å². The molecule has 0 saturated carbocycles. The number of oxazole rings is 1. The fraction of sp³-hybridized carbons (Fsp3) is 0.350. The Balaban J connectivity index is 1.49. The van der Waals surface area contributed by atoms with Gasteiger partial charge >= 0.3 is 0 Å². The lowest BCUT2D eigenvalue weighted by Crippen LogP contribution is -2.52. The van der Waals surface area contributed by atoms with E-state index in [0.717, 1.165) is 42.0 Å². The molecule has 1 unspecified atom stereocenters. The summed E-state index contributed by atoms with van der Waals surface area (Å²) in [5.74, 6) is 1.35. The molecule has 6 heteroatoms. The molecule has 26 heavy (non-hydrogen) atoms. The van der Waals surface area contributed by atoms with Crippen LogP contribution in [0.15, 0.2) is 52.9 Å². The molecule has 2 heterocycles. The number of fused-ring (bicyclic) bond motifs is 1. The zero-order chi connectivity index (χ0) is 17.9. The lowest BCUT2D eigenvalue weighted by atomic mass is 10.1. The minimum absolute atomic E-state index is 0.226. The normalized spacial score (nSPS) is 19.5. The highest BCUT2D eigenvalue weighted by atomic mass is 16.7. The number of piperazine rings is 1. The quantitative estimate of drug-likeness (QED) is 0.735. The van der Waals surface area contributed by atoms with Crippen molar-refractivity contribution < 1.29 is 14.4 Å². The van der Waals surface area contributed by atoms with Gasteiger partial charge in [-0.25, -0.2) is 4.98 Å². The standard InChI is InChI=1S/C20H23N3O3/c1-14(24)11-16-13-23(10-9-21-16)26-17-7-8-19-18(12-17)22-20(25-19)15-5-3-2-4-6-15/h2-8,12,14,16,21,24H,9-11,13H2,1H3/t14-,16?/m1/s1. The lowest BCUT2D eigenvalue weighted by molar-refractivity contribution is -0.0809. The predicted molar refractivity (Wildman–Crippen MR) is 99.7 cm³/mol. The van der Waals surface area contributed by atoms with Crippen molar-refractivity contribution in [2.24, 2.45) is 0 Å². The van der Waals surface area contributed by atoms with Crippen LogP contribution in [-0.2, 0) is 0 Å². The van der Waals surface area contributed by atoms with Gasteiger partial charge in [0.2, 0.25) is 5.89 Å². The van der Waals surface area contributed by atoms with Gasteiger partial charge in [0.15, 0.2) is 5.58 Å². The molecule has 1 fully saturated rings. The molecule has 3 aromatic rings. The molecule has 2 aromatic carbocycles. The summed E-state index contributed by atoms with van der Waals surface area (Å²) in [6, 6.07) is 15.8. The van der Waals surface area contributed by atoms with Crippen LogP contribution in [0.5, 0.6) is 5.75 Å². The van der Waals surface area contributed by atoms with Crippen LogP contribution in [0.3, 0.4) is 0 Å². The average Bonchev–Trinajstić information content (AvgIpc) is 3.06. The van der Waals surface area contributed by atoms with Crippen LogP contribution in [-0.4, -0.2) is 46.9 Å². The van der Waals surface area contributed by atoms with Crippen molar-refractivity contribution in [1.29, 1.82) is 0 Å². The molecule has 136 valence electrons. The Morgan fingerprint density at radius 1 is 1.31 bits per heavy atom. The summed E-state index contributed by atoms with van der Waals surface area (Å²) >= 11 is 0. The van der Waals surface area contributed by atoms with Gasteiger partial charge in [0.25, 0.3) is 0 Å². The van der Waals surface area contributed by atoms with Crippen LogP contribution in [0, 0.1) is 0 Å². The Labute approximate surface area is 152 Å². The molecule has 1 aliphatic rings. The Morgan fingerprint density at radius 3 is 2.96 bits per heavy atom. The molecule has 2 N–H and O–H groups in total. The number of benzene rings is 2. The topological polar surface area (TPSA) is 70.8 Å². The maximum Gasteiger partial charge on any atom is 0.227 e. The average molecular weight is 353 g/mol. The minimum Gasteiger partial charge on any atom is -0.436 e. The van der Waals surface area contributed by atoms with Crippen LogP contribution >= 0.6 is 0 Å². The van der Waals surface area contributed by atoms with Gasteiger partial charge < -0.3 is 19.7 Å². The van der Waals surface area contributed by atoms with Gasteiger partial charge in [-0.15, -0.1) is 5.06 Å². The molecular formula is C20H23N3O3. The summed E-state index contributed by atoms with van der Waals surface area (Å²) in [5.41, 5.74) is 2.47. The maximum atomic E-state index is 9.58. The molecule has 0 bridgehead atoms. The fourth-order valence-electron chi connectivity index (χ4n) is 3.26. The number of aliphatic hydroxyl groups excluding tert-OH is 1. The molecule has 1 aromatic heterocycles. The van der Waals surface area contributed by atoms with Crippen molar-refractivity contribution >= 4 is 11.1 Å². The van der Waals surface area contributed by atoms with Crippen molar-refractivity contribution in [2.75, 3.05) is 19.6 Å². The first kappa shape index (κ1) is 17.0. The Hall–Kier alpha value is -2.41. The second-order valence-corrected chi connectivity index (χ2v) is 6.73. The number of aromatic nitrogens is 1. The van der Waals surface area contributed by atoms with E-state index in [1.54, 1.807) is 0 Å². The largest absolute Gasteiger partial charge is 0.436 e. The maximum absolute atomic E-state index is 9.58. The first-order valence-corrected chi connectivity index (χ1v) is 8.98. The summed E-state index contributed by atoms with van der Waals surface area (Å²) in [5, 5.41) is 14.9. The minimum atomic E-state index is -0.324. The molecule has 6 nitrogen and oxygen atoms in total. The first-order valence-electron chi connectivity index (χ1n) is 8.98. The van der Waals surface area contributed by atoms with Crippen LogP contribution in [0.25, 0.3) is 22.6 Å². The molecule has 0 radical (unpaired) electrons. The first-order chi connectivity index (χ1) is 12.7. The third-order valence-corrected chi connectivity index (χ3v) is 4.46. The van der Waals surface area contributed by atoms with Crippen molar-refractivity contribution in [2.45, 2.75) is 25.5 Å². The van der Waals surface area contributed by atoms with E-state index in [2.05, 4.69) is 10.3 Å². The smallest absolute Gasteiger partial charge is 0.227 e. The number of nitrogens with zero attached hydrogens (tertiary/aromatic N) is 2. The fourth-order valence-corrected chi connectivity index (χ4v) is 3.26. The third kappa shape index (κ3) is 3.88. The van der Waals surface area contributed by atoms with Crippen molar-refractivity contribution in [1.82, 2.24) is 15.4 Å². The van der Waals surface area contributed by atoms with Gasteiger partial charge in [-0.05, 0) is 37.6 Å². The van der Waals surface area contributed by atoms with Gasteiger partial charge in [-0.3, -0.25) is 0 Å². The van der Waals surface area contributed by atoms with Crippen LogP contribution in [0.4, 0.5) is 0 Å². The third-order valence-electron chi connectivity index (χ3n) is 4.46. The number of hydroxylamine groups is 2. The highest BCUT2D eigenvalue weighted by Gasteiger charge is 2.22. The Kier molecular flexibility index (Phi) is 4.88. The number of hydrogen-bond acceptors (Lipinski definition) is 6. The molecule has 1 aliphatic heterocycles.